The molecule has 0 N–H and O–H groups in total. The standard InChI is InChI=1S/C16H20N.3C15H18N.4C14H16N/c1-11-8-6-7-9-15(11)16-14(4)13(3)12(2)10-17(16)5;1-11-9-13(3)15(16(4)10-11)14-8-6-5-7-12(14)2;1-11-7-5-6-8-14(11)15-9-12(2)13(3)10-16(15)4;1-11-9-10-16(4)15(13(11)3)14-8-6-5-7-12(14)2;1-11-7-4-5-9-13(11)14-12(2)8-6-10-15(14)3;1-11-7-4-5-9-13(11)14-10-6-8-12(2)15(14)3;1-11-8-9-15(3)14(10-11)13-7-5-4-6-12(13)2;1-11-8-9-14(15(3)10-11)13-7-5-4-6-12(13)2/h6-10H,1-5H3;3*5-10H,1-4H3;4*4-10H,1-3H3/q8*+1/i2D3;1D3;3D3;;;2D3;;1D3. The smallest absolute Gasteiger partial charge is 0.201 e. The van der Waals surface area contributed by atoms with E-state index in [1.807, 2.05) is 191 Å². The Morgan fingerprint density at radius 2 is 0.560 bits per heavy atom. The average molecular weight is 1670 g/mol. The van der Waals surface area contributed by atoms with Gasteiger partial charge < -0.3 is 0 Å². The summed E-state index contributed by atoms with van der Waals surface area (Å²) in [5.41, 5.74) is 39.3. The molecule has 8 aromatic heterocycles. The molecule has 8 heteroatoms. The number of nitrogens with zero attached hydrogens (tertiary/aromatic N) is 8. The van der Waals surface area contributed by atoms with Crippen LogP contribution >= 0.6 is 0 Å². The minimum Gasteiger partial charge on any atom is -0.201 e. The maximum absolute atomic E-state index is 7.64. The first-order valence-electron chi connectivity index (χ1n) is 50.0. The van der Waals surface area contributed by atoms with Crippen molar-refractivity contribution in [2.75, 3.05) is 0 Å². The van der Waals surface area contributed by atoms with Crippen LogP contribution in [-0.4, -0.2) is 0 Å². The van der Waals surface area contributed by atoms with Gasteiger partial charge in [0, 0.05) is 165 Å². The zero-order valence-electron chi connectivity index (χ0n) is 93.0. The molecule has 16 rings (SSSR count). The molecule has 16 aromatic rings. The minimum atomic E-state index is -2.09. The molecule has 638 valence electrons. The van der Waals surface area contributed by atoms with Gasteiger partial charge in [0.15, 0.2) is 49.1 Å². The van der Waals surface area contributed by atoms with Crippen molar-refractivity contribution < 1.29 is 57.1 Å². The molecule has 0 saturated carbocycles. The topological polar surface area (TPSA) is 31.0 Å². The van der Waals surface area contributed by atoms with E-state index in [0.717, 1.165) is 84.1 Å². The summed E-state index contributed by atoms with van der Waals surface area (Å²) in [6, 6.07) is 89.4. The summed E-state index contributed by atoms with van der Waals surface area (Å²) in [4.78, 5) is 0. The summed E-state index contributed by atoms with van der Waals surface area (Å²) in [6.07, 6.45) is 13.1. The lowest BCUT2D eigenvalue weighted by molar-refractivity contribution is -0.666. The molecule has 0 amide bonds. The maximum atomic E-state index is 7.64. The highest BCUT2D eigenvalue weighted by molar-refractivity contribution is 5.69. The lowest BCUT2D eigenvalue weighted by Gasteiger charge is -2.10. The van der Waals surface area contributed by atoms with Gasteiger partial charge in [-0.15, -0.1) is 0 Å². The van der Waals surface area contributed by atoms with Crippen molar-refractivity contribution in [1.29, 1.82) is 0 Å². The van der Waals surface area contributed by atoms with Gasteiger partial charge in [-0.05, 0) is 278 Å². The Morgan fingerprint density at radius 3 is 1.00 bits per heavy atom. The van der Waals surface area contributed by atoms with Crippen molar-refractivity contribution in [2.24, 2.45) is 56.4 Å². The summed E-state index contributed by atoms with van der Waals surface area (Å²) >= 11 is 0. The lowest BCUT2D eigenvalue weighted by atomic mass is 9.97. The van der Waals surface area contributed by atoms with Gasteiger partial charge >= 0.3 is 0 Å². The van der Waals surface area contributed by atoms with Crippen molar-refractivity contribution in [2.45, 2.75) is 145 Å². The van der Waals surface area contributed by atoms with Crippen molar-refractivity contribution in [3.8, 4) is 90.1 Å². The fourth-order valence-corrected chi connectivity index (χ4v) is 15.6. The van der Waals surface area contributed by atoms with Crippen LogP contribution in [0.4, 0.5) is 0 Å². The molecule has 8 aromatic carbocycles. The zero-order valence-corrected chi connectivity index (χ0v) is 78.0. The number of hydrogen-bond acceptors (Lipinski definition) is 0. The van der Waals surface area contributed by atoms with Gasteiger partial charge in [0.1, 0.15) is 56.4 Å². The molecule has 8 nitrogen and oxygen atoms in total. The molecular formula is C117H138N8+8. The summed E-state index contributed by atoms with van der Waals surface area (Å²) in [5.74, 6) is 0. The molecule has 0 aliphatic carbocycles. The maximum Gasteiger partial charge on any atom is 0.215 e. The van der Waals surface area contributed by atoms with Gasteiger partial charge in [-0.1, -0.05) is 146 Å². The monoisotopic (exact) mass is 1670 g/mol. The number of benzene rings is 8. The van der Waals surface area contributed by atoms with Crippen LogP contribution in [0.3, 0.4) is 0 Å². The summed E-state index contributed by atoms with van der Waals surface area (Å²) in [7, 11) is 15.6. The van der Waals surface area contributed by atoms with E-state index in [9.17, 15) is 0 Å². The number of hydrogen-bond donors (Lipinski definition) is 0. The Balaban J connectivity index is 0.000000179. The second kappa shape index (κ2) is 44.8. The first-order valence-corrected chi connectivity index (χ1v) is 42.5. The quantitative estimate of drug-likeness (QED) is 0.136. The highest BCUT2D eigenvalue weighted by Crippen LogP contribution is 2.31. The third-order valence-electron chi connectivity index (χ3n) is 23.1. The Hall–Kier alpha value is -13.0. The SMILES string of the molecule is Cc1cc[n+](C)c(-c2ccccc2C)c1.Cc1ccccc1-c1c(C)c(C)cc[n+]1C.Cc1ccccc1-c1c(C)ccc[n+]1C.[2H]C([2H])([2H])c1c[n+](C)c(-c2ccccc2C)c(C)c1C.[2H]C([2H])([2H])c1c[n+](C)c(-c2ccccc2C)cc1C.[2H]C([2H])([2H])c1cc(C)c(-c2ccccc2C)[n+](C)c1.[2H]C([2H])([2H])c1ccc(-c2ccccc2C)[n+](C)c1.[2H]C([2H])([2H])c1cccc(-c2ccccc2C)[n+]1C. The average Bonchev–Trinajstić information content (AvgIpc) is 0.772. The molecule has 0 aliphatic rings. The van der Waals surface area contributed by atoms with Crippen molar-refractivity contribution in [1.82, 2.24) is 0 Å². The number of rotatable bonds is 8. The predicted octanol–water partition coefficient (Wildman–Crippen LogP) is 23.9. The number of pyridine rings is 8. The molecule has 0 unspecified atom stereocenters. The molecule has 0 fully saturated rings. The van der Waals surface area contributed by atoms with E-state index in [0.29, 0.717) is 27.9 Å². The van der Waals surface area contributed by atoms with E-state index in [1.54, 1.807) is 60.7 Å². The largest absolute Gasteiger partial charge is 0.215 e. The Morgan fingerprint density at radius 1 is 0.184 bits per heavy atom. The number of aromatic nitrogens is 8. The Labute approximate surface area is 771 Å². The summed E-state index contributed by atoms with van der Waals surface area (Å²) in [6.45, 7) is 22.7. The summed E-state index contributed by atoms with van der Waals surface area (Å²) in [5, 5.41) is 0. The molecule has 0 radical (unpaired) electrons. The van der Waals surface area contributed by atoms with E-state index < -0.39 is 34.3 Å². The van der Waals surface area contributed by atoms with Gasteiger partial charge in [0.2, 0.25) is 45.6 Å². The van der Waals surface area contributed by atoms with Gasteiger partial charge in [0.25, 0.3) is 0 Å². The third kappa shape index (κ3) is 24.9. The zero-order chi connectivity index (χ0) is 104. The van der Waals surface area contributed by atoms with Gasteiger partial charge in [-0.3, -0.25) is 0 Å². The van der Waals surface area contributed by atoms with E-state index in [2.05, 4.69) is 262 Å². The summed E-state index contributed by atoms with van der Waals surface area (Å²) < 4.78 is 129. The molecule has 0 bridgehead atoms. The molecule has 0 atom stereocenters. The fourth-order valence-electron chi connectivity index (χ4n) is 15.6. The Bertz CT molecular complexity index is 7000. The highest BCUT2D eigenvalue weighted by Gasteiger charge is 2.23. The highest BCUT2D eigenvalue weighted by atomic mass is 15.0. The van der Waals surface area contributed by atoms with Crippen LogP contribution in [0.2, 0.25) is 0 Å². The van der Waals surface area contributed by atoms with Crippen LogP contribution in [-0.2, 0) is 56.4 Å². The normalized spacial score (nSPS) is 12.7. The van der Waals surface area contributed by atoms with E-state index in [1.165, 1.54) is 95.0 Å². The molecule has 8 heterocycles. The van der Waals surface area contributed by atoms with Crippen LogP contribution in [0, 0.1) is 145 Å². The lowest BCUT2D eigenvalue weighted by Crippen LogP contribution is -2.34. The van der Waals surface area contributed by atoms with Crippen LogP contribution in [0.1, 0.15) is 138 Å². The van der Waals surface area contributed by atoms with Crippen LogP contribution in [0.15, 0.2) is 310 Å². The predicted molar refractivity (Wildman–Crippen MR) is 524 cm³/mol. The van der Waals surface area contributed by atoms with Crippen LogP contribution < -0.4 is 36.5 Å². The fraction of sp³-hybridized carbons (Fsp3) is 0.248. The van der Waals surface area contributed by atoms with Crippen molar-refractivity contribution >= 4 is 0 Å². The van der Waals surface area contributed by atoms with Crippen LogP contribution in [0.25, 0.3) is 90.1 Å². The second-order valence-electron chi connectivity index (χ2n) is 32.7. The van der Waals surface area contributed by atoms with E-state index in [4.69, 9.17) is 20.6 Å². The second-order valence-corrected chi connectivity index (χ2v) is 32.7. The first-order chi connectivity index (χ1) is 65.6. The van der Waals surface area contributed by atoms with Gasteiger partial charge in [-0.2, -0.15) is 4.57 Å². The van der Waals surface area contributed by atoms with Crippen molar-refractivity contribution in [3.05, 3.63) is 427 Å². The van der Waals surface area contributed by atoms with Gasteiger partial charge in [0.05, 0.1) is 0 Å². The third-order valence-corrected chi connectivity index (χ3v) is 23.1. The molecule has 125 heavy (non-hydrogen) atoms. The Kier molecular flexibility index (Phi) is 27.2. The molecule has 0 spiro atoms. The molecular weight excluding hydrogens is 1520 g/mol. The number of aryl methyl sites for hydroxylation is 25. The van der Waals surface area contributed by atoms with Crippen LogP contribution in [0.5, 0.6) is 0 Å². The minimum absolute atomic E-state index is 0.350. The van der Waals surface area contributed by atoms with Gasteiger partial charge in [-0.25, -0.2) is 32.0 Å². The van der Waals surface area contributed by atoms with Crippen molar-refractivity contribution in [3.63, 3.8) is 0 Å². The molecule has 0 aliphatic heterocycles. The van der Waals surface area contributed by atoms with E-state index >= 15 is 0 Å². The molecule has 0 saturated heterocycles. The van der Waals surface area contributed by atoms with E-state index in [-0.39, 0.29) is 0 Å². The first kappa shape index (κ1) is 75.7.